The summed E-state index contributed by atoms with van der Waals surface area (Å²) >= 11 is 0. The molecule has 1 unspecified atom stereocenters. The van der Waals surface area contributed by atoms with Gasteiger partial charge in [0.2, 0.25) is 5.91 Å². The molecule has 1 fully saturated rings. The van der Waals surface area contributed by atoms with Gasteiger partial charge in [-0.05, 0) is 52.0 Å². The van der Waals surface area contributed by atoms with Crippen molar-refractivity contribution in [3.05, 3.63) is 35.9 Å². The summed E-state index contributed by atoms with van der Waals surface area (Å²) in [5, 5.41) is 12.0. The lowest BCUT2D eigenvalue weighted by Crippen LogP contribution is -2.51. The van der Waals surface area contributed by atoms with E-state index in [1.807, 2.05) is 30.3 Å². The number of nitrogens with zero attached hydrogens (tertiary/aromatic N) is 1. The predicted molar refractivity (Wildman–Crippen MR) is 100 cm³/mol. The van der Waals surface area contributed by atoms with Crippen LogP contribution in [0.5, 0.6) is 0 Å². The maximum atomic E-state index is 12.8. The number of nitrogens with one attached hydrogen (secondary N) is 1. The van der Waals surface area contributed by atoms with Crippen molar-refractivity contribution in [1.82, 2.24) is 10.2 Å². The van der Waals surface area contributed by atoms with Gasteiger partial charge >= 0.3 is 12.1 Å². The monoisotopic (exact) mass is 376 g/mol. The van der Waals surface area contributed by atoms with E-state index in [2.05, 4.69) is 5.32 Å². The Morgan fingerprint density at radius 3 is 2.44 bits per heavy atom. The van der Waals surface area contributed by atoms with Crippen molar-refractivity contribution in [3.8, 4) is 0 Å². The Labute approximate surface area is 159 Å². The minimum Gasteiger partial charge on any atom is -0.480 e. The minimum absolute atomic E-state index is 0.0613. The van der Waals surface area contributed by atoms with Crippen molar-refractivity contribution in [2.75, 3.05) is 6.54 Å². The smallest absolute Gasteiger partial charge is 0.408 e. The van der Waals surface area contributed by atoms with Crippen LogP contribution in [-0.2, 0) is 20.7 Å². The van der Waals surface area contributed by atoms with Crippen LogP contribution in [0.15, 0.2) is 30.3 Å². The summed E-state index contributed by atoms with van der Waals surface area (Å²) in [6, 6.07) is 8.05. The molecule has 148 valence electrons. The third kappa shape index (κ3) is 5.98. The quantitative estimate of drug-likeness (QED) is 0.823. The number of carbonyl (C=O) groups is 3. The molecule has 1 aromatic carbocycles. The highest BCUT2D eigenvalue weighted by Gasteiger charge is 2.41. The average Bonchev–Trinajstić information content (AvgIpc) is 2.97. The maximum Gasteiger partial charge on any atom is 0.408 e. The van der Waals surface area contributed by atoms with Crippen LogP contribution in [0.2, 0.25) is 0 Å². The number of hydrogen-bond acceptors (Lipinski definition) is 4. The van der Waals surface area contributed by atoms with Gasteiger partial charge in [0.25, 0.3) is 0 Å². The van der Waals surface area contributed by atoms with Gasteiger partial charge in [0, 0.05) is 6.54 Å². The molecule has 7 nitrogen and oxygen atoms in total. The Morgan fingerprint density at radius 2 is 1.89 bits per heavy atom. The molecule has 2 N–H and O–H groups in total. The highest BCUT2D eigenvalue weighted by Crippen LogP contribution is 2.27. The van der Waals surface area contributed by atoms with Gasteiger partial charge < -0.3 is 20.1 Å². The van der Waals surface area contributed by atoms with Crippen molar-refractivity contribution in [1.29, 1.82) is 0 Å². The minimum atomic E-state index is -1.02. The molecular formula is C20H28N2O5. The zero-order valence-corrected chi connectivity index (χ0v) is 16.3. The van der Waals surface area contributed by atoms with E-state index >= 15 is 0 Å². The second-order valence-corrected chi connectivity index (χ2v) is 8.00. The molecule has 1 aromatic rings. The summed E-state index contributed by atoms with van der Waals surface area (Å²) in [6.45, 7) is 7.08. The van der Waals surface area contributed by atoms with Gasteiger partial charge in [0.15, 0.2) is 0 Å². The van der Waals surface area contributed by atoms with E-state index in [9.17, 15) is 19.5 Å². The number of rotatable bonds is 5. The topological polar surface area (TPSA) is 95.9 Å². The molecule has 2 amide bonds. The molecule has 0 aromatic heterocycles. The Kier molecular flexibility index (Phi) is 6.46. The average molecular weight is 376 g/mol. The van der Waals surface area contributed by atoms with Crippen LogP contribution >= 0.6 is 0 Å². The van der Waals surface area contributed by atoms with Crippen LogP contribution in [-0.4, -0.2) is 52.2 Å². The first-order chi connectivity index (χ1) is 12.6. The second kappa shape index (κ2) is 8.41. The van der Waals surface area contributed by atoms with Gasteiger partial charge in [0.1, 0.15) is 17.7 Å². The van der Waals surface area contributed by atoms with Crippen LogP contribution in [0.1, 0.15) is 39.7 Å². The van der Waals surface area contributed by atoms with Gasteiger partial charge in [-0.25, -0.2) is 9.59 Å². The van der Waals surface area contributed by atoms with Crippen LogP contribution in [0.3, 0.4) is 0 Å². The summed E-state index contributed by atoms with van der Waals surface area (Å²) in [5.41, 5.74) is 0.436. The molecule has 0 spiro atoms. The van der Waals surface area contributed by atoms with Gasteiger partial charge in [-0.2, -0.15) is 0 Å². The third-order valence-corrected chi connectivity index (χ3v) is 4.43. The fourth-order valence-electron chi connectivity index (χ4n) is 3.29. The van der Waals surface area contributed by atoms with Crippen LogP contribution in [0, 0.1) is 5.92 Å². The zero-order chi connectivity index (χ0) is 20.2. The van der Waals surface area contributed by atoms with E-state index in [1.165, 1.54) is 11.8 Å². The first kappa shape index (κ1) is 20.7. The molecule has 27 heavy (non-hydrogen) atoms. The third-order valence-electron chi connectivity index (χ3n) is 4.43. The number of benzene rings is 1. The molecule has 0 saturated carbocycles. The Bertz CT molecular complexity index is 683. The van der Waals surface area contributed by atoms with Gasteiger partial charge in [-0.3, -0.25) is 4.79 Å². The van der Waals surface area contributed by atoms with E-state index in [0.717, 1.165) is 5.56 Å². The number of amides is 2. The van der Waals surface area contributed by atoms with E-state index in [0.29, 0.717) is 19.4 Å². The van der Waals surface area contributed by atoms with E-state index in [4.69, 9.17) is 4.74 Å². The van der Waals surface area contributed by atoms with Gasteiger partial charge in [-0.15, -0.1) is 0 Å². The molecule has 7 heteroatoms. The summed E-state index contributed by atoms with van der Waals surface area (Å²) in [4.78, 5) is 37.6. The number of ether oxygens (including phenoxy) is 1. The molecule has 3 atom stereocenters. The number of carbonyl (C=O) groups excluding carboxylic acids is 2. The molecule has 2 rings (SSSR count). The molecule has 1 saturated heterocycles. The molecule has 1 aliphatic rings. The summed E-state index contributed by atoms with van der Waals surface area (Å²) < 4.78 is 5.16. The predicted octanol–water partition coefficient (Wildman–Crippen LogP) is 2.44. The molecular weight excluding hydrogens is 348 g/mol. The molecule has 0 radical (unpaired) electrons. The SMILES string of the molecule is C[C@H](NC(=O)OC(C)(C)C)C(=O)N1CC(Cc2ccccc2)C[C@H]1C(=O)O. The standard InChI is InChI=1S/C20H28N2O5/c1-13(21-19(26)27-20(2,3)4)17(23)22-12-15(11-16(22)18(24)25)10-14-8-6-5-7-9-14/h5-9,13,15-16H,10-12H2,1-4H3,(H,21,26)(H,24,25)/t13-,15?,16-/m0/s1. The second-order valence-electron chi connectivity index (χ2n) is 8.00. The Hall–Kier alpha value is -2.57. The fourth-order valence-corrected chi connectivity index (χ4v) is 3.29. The Balaban J connectivity index is 2.02. The lowest BCUT2D eigenvalue weighted by atomic mass is 9.97. The van der Waals surface area contributed by atoms with E-state index < -0.39 is 35.7 Å². The molecule has 0 bridgehead atoms. The summed E-state index contributed by atoms with van der Waals surface area (Å²) in [5.74, 6) is -1.38. The highest BCUT2D eigenvalue weighted by molar-refractivity contribution is 5.89. The largest absolute Gasteiger partial charge is 0.480 e. The Morgan fingerprint density at radius 1 is 1.26 bits per heavy atom. The summed E-state index contributed by atoms with van der Waals surface area (Å²) in [6.07, 6.45) is 0.410. The number of hydrogen-bond donors (Lipinski definition) is 2. The molecule has 0 aliphatic carbocycles. The van der Waals surface area contributed by atoms with Crippen molar-refractivity contribution >= 4 is 18.0 Å². The molecule has 1 aliphatic heterocycles. The van der Waals surface area contributed by atoms with E-state index in [-0.39, 0.29) is 5.92 Å². The van der Waals surface area contributed by atoms with Gasteiger partial charge in [-0.1, -0.05) is 30.3 Å². The normalized spacial score (nSPS) is 20.8. The molecule has 1 heterocycles. The maximum absolute atomic E-state index is 12.8. The van der Waals surface area contributed by atoms with E-state index in [1.54, 1.807) is 20.8 Å². The number of carboxylic acids is 1. The van der Waals surface area contributed by atoms with Crippen LogP contribution in [0.4, 0.5) is 4.79 Å². The first-order valence-corrected chi connectivity index (χ1v) is 9.13. The lowest BCUT2D eigenvalue weighted by Gasteiger charge is -2.26. The van der Waals surface area contributed by atoms with Crippen molar-refractivity contribution in [2.24, 2.45) is 5.92 Å². The van der Waals surface area contributed by atoms with Crippen LogP contribution in [0.25, 0.3) is 0 Å². The van der Waals surface area contributed by atoms with Crippen molar-refractivity contribution in [3.63, 3.8) is 0 Å². The van der Waals surface area contributed by atoms with Crippen LogP contribution < -0.4 is 5.32 Å². The summed E-state index contributed by atoms with van der Waals surface area (Å²) in [7, 11) is 0. The number of carboxylic acid groups (broad SMARTS) is 1. The first-order valence-electron chi connectivity index (χ1n) is 9.13. The fraction of sp³-hybridized carbons (Fsp3) is 0.550. The lowest BCUT2D eigenvalue weighted by molar-refractivity contribution is -0.148. The van der Waals surface area contributed by atoms with Gasteiger partial charge in [0.05, 0.1) is 0 Å². The highest BCUT2D eigenvalue weighted by atomic mass is 16.6. The van der Waals surface area contributed by atoms with Crippen molar-refractivity contribution < 1.29 is 24.2 Å². The van der Waals surface area contributed by atoms with Crippen molar-refractivity contribution in [2.45, 2.75) is 58.2 Å². The number of aliphatic carboxylic acids is 1. The number of likely N-dealkylation sites (tertiary alicyclic amines) is 1. The zero-order valence-electron chi connectivity index (χ0n) is 16.3. The number of alkyl carbamates (subject to hydrolysis) is 1.